The zero-order valence-corrected chi connectivity index (χ0v) is 10.1. The Morgan fingerprint density at radius 2 is 2.25 bits per heavy atom. The lowest BCUT2D eigenvalue weighted by molar-refractivity contribution is 0.0833. The Morgan fingerprint density at radius 1 is 1.56 bits per heavy atom. The van der Waals surface area contributed by atoms with Gasteiger partial charge in [-0.25, -0.2) is 0 Å². The van der Waals surface area contributed by atoms with E-state index in [0.29, 0.717) is 5.92 Å². The van der Waals surface area contributed by atoms with Gasteiger partial charge in [0.25, 0.3) is 0 Å². The summed E-state index contributed by atoms with van der Waals surface area (Å²) >= 11 is 0. The normalized spacial score (nSPS) is 19.9. The smallest absolute Gasteiger partial charge is 0.0540 e. The van der Waals surface area contributed by atoms with Gasteiger partial charge in [-0.1, -0.05) is 0 Å². The summed E-state index contributed by atoms with van der Waals surface area (Å²) in [6.45, 7) is 6.79. The number of hydrogen-bond donors (Lipinski definition) is 1. The Bertz CT molecular complexity index is 340. The maximum absolute atomic E-state index is 6.00. The van der Waals surface area contributed by atoms with E-state index < -0.39 is 0 Å². The van der Waals surface area contributed by atoms with Crippen LogP contribution in [0.2, 0.25) is 0 Å². The van der Waals surface area contributed by atoms with E-state index in [2.05, 4.69) is 16.7 Å². The number of ether oxygens (including phenoxy) is 1. The van der Waals surface area contributed by atoms with E-state index in [0.717, 1.165) is 32.6 Å². The highest BCUT2D eigenvalue weighted by atomic mass is 16.5. The predicted molar refractivity (Wildman–Crippen MR) is 63.3 cm³/mol. The minimum atomic E-state index is 0.0677. The first kappa shape index (κ1) is 11.6. The van der Waals surface area contributed by atoms with Crippen LogP contribution in [0.3, 0.4) is 0 Å². The van der Waals surface area contributed by atoms with Gasteiger partial charge < -0.3 is 10.5 Å². The highest BCUT2D eigenvalue weighted by Crippen LogP contribution is 2.31. The van der Waals surface area contributed by atoms with Crippen molar-refractivity contribution in [2.75, 3.05) is 13.2 Å². The molecule has 0 radical (unpaired) electrons. The molecule has 1 aromatic heterocycles. The van der Waals surface area contributed by atoms with Gasteiger partial charge >= 0.3 is 0 Å². The Labute approximate surface area is 96.8 Å². The molecule has 2 N–H and O–H groups in total. The summed E-state index contributed by atoms with van der Waals surface area (Å²) in [6.07, 6.45) is 4.11. The van der Waals surface area contributed by atoms with Crippen molar-refractivity contribution in [3.05, 3.63) is 17.5 Å². The lowest BCUT2D eigenvalue weighted by atomic mass is 9.92. The summed E-state index contributed by atoms with van der Waals surface area (Å²) < 4.78 is 7.50. The van der Waals surface area contributed by atoms with Gasteiger partial charge in [0.05, 0.1) is 6.20 Å². The second-order valence-electron chi connectivity index (χ2n) is 4.48. The van der Waals surface area contributed by atoms with Gasteiger partial charge in [-0.15, -0.1) is 0 Å². The van der Waals surface area contributed by atoms with E-state index in [1.54, 1.807) is 0 Å². The van der Waals surface area contributed by atoms with E-state index >= 15 is 0 Å². The van der Waals surface area contributed by atoms with Crippen LogP contribution in [0.1, 0.15) is 49.9 Å². The van der Waals surface area contributed by atoms with Crippen LogP contribution in [0.5, 0.6) is 0 Å². The van der Waals surface area contributed by atoms with E-state index in [-0.39, 0.29) is 6.04 Å². The van der Waals surface area contributed by atoms with Crippen molar-refractivity contribution in [1.82, 2.24) is 9.78 Å². The topological polar surface area (TPSA) is 53.1 Å². The van der Waals surface area contributed by atoms with E-state index in [4.69, 9.17) is 10.5 Å². The fourth-order valence-electron chi connectivity index (χ4n) is 2.43. The van der Waals surface area contributed by atoms with Gasteiger partial charge in [-0.2, -0.15) is 5.10 Å². The molecule has 2 heterocycles. The molecular formula is C12H21N3O. The first-order valence-corrected chi connectivity index (χ1v) is 6.13. The molecule has 16 heavy (non-hydrogen) atoms. The van der Waals surface area contributed by atoms with Crippen LogP contribution >= 0.6 is 0 Å². The standard InChI is InChI=1S/C12H21N3O/c1-3-15-12(10-4-6-16-7-5-10)11(8-14-15)9(2)13/h8-10H,3-7,13H2,1-2H3. The van der Waals surface area contributed by atoms with E-state index in [1.807, 2.05) is 13.1 Å². The molecule has 0 saturated carbocycles. The number of aryl methyl sites for hydroxylation is 1. The van der Waals surface area contributed by atoms with E-state index in [1.165, 1.54) is 11.3 Å². The maximum atomic E-state index is 6.00. The third-order valence-corrected chi connectivity index (χ3v) is 3.31. The summed E-state index contributed by atoms with van der Waals surface area (Å²) in [4.78, 5) is 0. The monoisotopic (exact) mass is 223 g/mol. The number of rotatable bonds is 3. The minimum Gasteiger partial charge on any atom is -0.381 e. The van der Waals surface area contributed by atoms with Crippen LogP contribution in [0.25, 0.3) is 0 Å². The molecule has 1 aliphatic heterocycles. The van der Waals surface area contributed by atoms with Crippen LogP contribution in [0.15, 0.2) is 6.20 Å². The maximum Gasteiger partial charge on any atom is 0.0540 e. The average molecular weight is 223 g/mol. The largest absolute Gasteiger partial charge is 0.381 e. The molecule has 0 bridgehead atoms. The Kier molecular flexibility index (Phi) is 3.61. The second kappa shape index (κ2) is 4.97. The lowest BCUT2D eigenvalue weighted by Gasteiger charge is -2.24. The van der Waals surface area contributed by atoms with E-state index in [9.17, 15) is 0 Å². The summed E-state index contributed by atoms with van der Waals surface area (Å²) in [7, 11) is 0. The lowest BCUT2D eigenvalue weighted by Crippen LogP contribution is -2.20. The van der Waals surface area contributed by atoms with Crippen LogP contribution < -0.4 is 5.73 Å². The van der Waals surface area contributed by atoms with Gasteiger partial charge in [-0.05, 0) is 26.7 Å². The van der Waals surface area contributed by atoms with Gasteiger partial charge in [-0.3, -0.25) is 4.68 Å². The summed E-state index contributed by atoms with van der Waals surface area (Å²) in [5, 5.41) is 4.43. The number of hydrogen-bond acceptors (Lipinski definition) is 3. The van der Waals surface area contributed by atoms with Crippen LogP contribution in [-0.2, 0) is 11.3 Å². The van der Waals surface area contributed by atoms with Crippen molar-refractivity contribution in [3.63, 3.8) is 0 Å². The fraction of sp³-hybridized carbons (Fsp3) is 0.750. The highest BCUT2D eigenvalue weighted by Gasteiger charge is 2.24. The third-order valence-electron chi connectivity index (χ3n) is 3.31. The molecule has 0 amide bonds. The van der Waals surface area contributed by atoms with Gasteiger partial charge in [0, 0.05) is 43.0 Å². The van der Waals surface area contributed by atoms with Crippen molar-refractivity contribution in [2.24, 2.45) is 5.73 Å². The van der Waals surface area contributed by atoms with Crippen molar-refractivity contribution in [2.45, 2.75) is 45.2 Å². The first-order chi connectivity index (χ1) is 7.74. The van der Waals surface area contributed by atoms with Crippen molar-refractivity contribution >= 4 is 0 Å². The molecule has 90 valence electrons. The highest BCUT2D eigenvalue weighted by molar-refractivity contribution is 5.25. The Morgan fingerprint density at radius 3 is 2.81 bits per heavy atom. The molecule has 1 aliphatic rings. The van der Waals surface area contributed by atoms with Crippen LogP contribution in [-0.4, -0.2) is 23.0 Å². The molecule has 0 aliphatic carbocycles. The Balaban J connectivity index is 2.31. The molecule has 1 atom stereocenters. The number of nitrogens with zero attached hydrogens (tertiary/aromatic N) is 2. The molecule has 4 heteroatoms. The van der Waals surface area contributed by atoms with Gasteiger partial charge in [0.2, 0.25) is 0 Å². The van der Waals surface area contributed by atoms with Gasteiger partial charge in [0.1, 0.15) is 0 Å². The van der Waals surface area contributed by atoms with Crippen LogP contribution in [0.4, 0.5) is 0 Å². The minimum absolute atomic E-state index is 0.0677. The summed E-state index contributed by atoms with van der Waals surface area (Å²) in [5.41, 5.74) is 8.54. The zero-order chi connectivity index (χ0) is 11.5. The SMILES string of the molecule is CCn1ncc(C(C)N)c1C1CCOCC1. The van der Waals surface area contributed by atoms with Gasteiger partial charge in [0.15, 0.2) is 0 Å². The average Bonchev–Trinajstić information content (AvgIpc) is 2.73. The van der Waals surface area contributed by atoms with Crippen molar-refractivity contribution < 1.29 is 4.74 Å². The molecular weight excluding hydrogens is 202 g/mol. The molecule has 4 nitrogen and oxygen atoms in total. The van der Waals surface area contributed by atoms with Crippen LogP contribution in [0, 0.1) is 0 Å². The quantitative estimate of drug-likeness (QED) is 0.850. The zero-order valence-electron chi connectivity index (χ0n) is 10.1. The summed E-state index contributed by atoms with van der Waals surface area (Å²) in [6, 6.07) is 0.0677. The molecule has 1 fully saturated rings. The summed E-state index contributed by atoms with van der Waals surface area (Å²) in [5.74, 6) is 0.567. The predicted octanol–water partition coefficient (Wildman–Crippen LogP) is 1.82. The fourth-order valence-corrected chi connectivity index (χ4v) is 2.43. The molecule has 2 rings (SSSR count). The number of nitrogens with two attached hydrogens (primary N) is 1. The molecule has 0 spiro atoms. The van der Waals surface area contributed by atoms with Crippen molar-refractivity contribution in [1.29, 1.82) is 0 Å². The molecule has 1 aromatic rings. The second-order valence-corrected chi connectivity index (χ2v) is 4.48. The molecule has 1 saturated heterocycles. The third kappa shape index (κ3) is 2.13. The first-order valence-electron chi connectivity index (χ1n) is 6.13. The number of aromatic nitrogens is 2. The molecule has 0 aromatic carbocycles. The molecule has 1 unspecified atom stereocenters. The van der Waals surface area contributed by atoms with Crippen molar-refractivity contribution in [3.8, 4) is 0 Å². The Hall–Kier alpha value is -0.870.